The molecule has 0 aliphatic rings. The molecule has 0 saturated carbocycles. The fourth-order valence-corrected chi connectivity index (χ4v) is 1.57. The Labute approximate surface area is 101 Å². The Morgan fingerprint density at radius 2 is 1.87 bits per heavy atom. The molecule has 0 aliphatic heterocycles. The number of hydrogen-bond acceptors (Lipinski definition) is 1. The van der Waals surface area contributed by atoms with Crippen LogP contribution in [0.1, 0.15) is 26.3 Å². The van der Waals surface area contributed by atoms with Crippen molar-refractivity contribution in [3.8, 4) is 0 Å². The van der Waals surface area contributed by atoms with E-state index in [1.165, 1.54) is 0 Å². The van der Waals surface area contributed by atoms with Crippen molar-refractivity contribution in [3.05, 3.63) is 33.8 Å². The zero-order valence-electron chi connectivity index (χ0n) is 9.31. The van der Waals surface area contributed by atoms with Crippen LogP contribution in [0, 0.1) is 5.41 Å². The number of ether oxygens (including phenoxy) is 1. The van der Waals surface area contributed by atoms with E-state index in [2.05, 4.69) is 20.8 Å². The lowest BCUT2D eigenvalue weighted by molar-refractivity contribution is 0.0599. The SMILES string of the molecule is CC(C)(C)COCc1ccc(Cl)cc1Cl. The maximum absolute atomic E-state index is 6.02. The normalized spacial score (nSPS) is 11.8. The molecule has 0 saturated heterocycles. The maximum atomic E-state index is 6.02. The molecule has 0 radical (unpaired) electrons. The molecule has 0 heterocycles. The van der Waals surface area contributed by atoms with Gasteiger partial charge in [-0.2, -0.15) is 0 Å². The van der Waals surface area contributed by atoms with Gasteiger partial charge in [0, 0.05) is 10.0 Å². The zero-order valence-corrected chi connectivity index (χ0v) is 10.8. The first-order valence-corrected chi connectivity index (χ1v) is 5.66. The fraction of sp³-hybridized carbons (Fsp3) is 0.500. The molecule has 0 bridgehead atoms. The fourth-order valence-electron chi connectivity index (χ4n) is 1.11. The molecule has 0 unspecified atom stereocenters. The van der Waals surface area contributed by atoms with E-state index in [0.717, 1.165) is 5.56 Å². The minimum atomic E-state index is 0.179. The molecule has 1 aromatic rings. The second kappa shape index (κ2) is 5.20. The summed E-state index contributed by atoms with van der Waals surface area (Å²) in [6.07, 6.45) is 0. The average molecular weight is 247 g/mol. The van der Waals surface area contributed by atoms with Crippen molar-refractivity contribution in [2.24, 2.45) is 5.41 Å². The first-order valence-electron chi connectivity index (χ1n) is 4.90. The molecule has 1 nitrogen and oxygen atoms in total. The summed E-state index contributed by atoms with van der Waals surface area (Å²) < 4.78 is 5.58. The second-order valence-electron chi connectivity index (χ2n) is 4.79. The van der Waals surface area contributed by atoms with Gasteiger partial charge in [-0.05, 0) is 23.1 Å². The highest BCUT2D eigenvalue weighted by Gasteiger charge is 2.10. The van der Waals surface area contributed by atoms with E-state index in [1.807, 2.05) is 12.1 Å². The van der Waals surface area contributed by atoms with Crippen LogP contribution in [0.25, 0.3) is 0 Å². The minimum Gasteiger partial charge on any atom is -0.376 e. The van der Waals surface area contributed by atoms with Gasteiger partial charge >= 0.3 is 0 Å². The van der Waals surface area contributed by atoms with Gasteiger partial charge in [-0.25, -0.2) is 0 Å². The van der Waals surface area contributed by atoms with Crippen LogP contribution in [-0.4, -0.2) is 6.61 Å². The monoisotopic (exact) mass is 246 g/mol. The lowest BCUT2D eigenvalue weighted by Crippen LogP contribution is -2.14. The Kier molecular flexibility index (Phi) is 4.45. The predicted octanol–water partition coefficient (Wildman–Crippen LogP) is 4.56. The van der Waals surface area contributed by atoms with Gasteiger partial charge in [0.05, 0.1) is 13.2 Å². The van der Waals surface area contributed by atoms with Crippen molar-refractivity contribution < 1.29 is 4.74 Å². The van der Waals surface area contributed by atoms with Crippen molar-refractivity contribution >= 4 is 23.2 Å². The van der Waals surface area contributed by atoms with E-state index in [-0.39, 0.29) is 5.41 Å². The highest BCUT2D eigenvalue weighted by atomic mass is 35.5. The van der Waals surface area contributed by atoms with Gasteiger partial charge in [0.1, 0.15) is 0 Å². The summed E-state index contributed by atoms with van der Waals surface area (Å²) in [7, 11) is 0. The van der Waals surface area contributed by atoms with Gasteiger partial charge in [0.15, 0.2) is 0 Å². The van der Waals surface area contributed by atoms with E-state index >= 15 is 0 Å². The highest BCUT2D eigenvalue weighted by Crippen LogP contribution is 2.22. The third kappa shape index (κ3) is 4.87. The first-order chi connectivity index (χ1) is 6.88. The first kappa shape index (κ1) is 12.8. The van der Waals surface area contributed by atoms with Crippen LogP contribution >= 0.6 is 23.2 Å². The Bertz CT molecular complexity index is 329. The number of rotatable bonds is 3. The molecule has 1 aromatic carbocycles. The zero-order chi connectivity index (χ0) is 11.5. The maximum Gasteiger partial charge on any atom is 0.0731 e. The Morgan fingerprint density at radius 1 is 1.20 bits per heavy atom. The van der Waals surface area contributed by atoms with E-state index in [0.29, 0.717) is 23.3 Å². The molecular weight excluding hydrogens is 231 g/mol. The van der Waals surface area contributed by atoms with E-state index in [9.17, 15) is 0 Å². The molecule has 0 atom stereocenters. The second-order valence-corrected chi connectivity index (χ2v) is 5.63. The van der Waals surface area contributed by atoms with Gasteiger partial charge in [-0.3, -0.25) is 0 Å². The van der Waals surface area contributed by atoms with Crippen LogP contribution in [0.3, 0.4) is 0 Å². The van der Waals surface area contributed by atoms with Crippen molar-refractivity contribution in [2.45, 2.75) is 27.4 Å². The van der Waals surface area contributed by atoms with Gasteiger partial charge in [0.25, 0.3) is 0 Å². The summed E-state index contributed by atoms with van der Waals surface area (Å²) in [5.74, 6) is 0. The van der Waals surface area contributed by atoms with E-state index < -0.39 is 0 Å². The lowest BCUT2D eigenvalue weighted by Gasteiger charge is -2.18. The Morgan fingerprint density at radius 3 is 2.40 bits per heavy atom. The molecule has 0 fully saturated rings. The molecule has 0 aromatic heterocycles. The minimum absolute atomic E-state index is 0.179. The summed E-state index contributed by atoms with van der Waals surface area (Å²) in [6.45, 7) is 7.66. The highest BCUT2D eigenvalue weighted by molar-refractivity contribution is 6.35. The predicted molar refractivity (Wildman–Crippen MR) is 65.6 cm³/mol. The van der Waals surface area contributed by atoms with Gasteiger partial charge in [0.2, 0.25) is 0 Å². The van der Waals surface area contributed by atoms with Crippen molar-refractivity contribution in [1.82, 2.24) is 0 Å². The largest absolute Gasteiger partial charge is 0.376 e. The van der Waals surface area contributed by atoms with Crippen LogP contribution < -0.4 is 0 Å². The Hall–Kier alpha value is -0.240. The summed E-state index contributed by atoms with van der Waals surface area (Å²) in [6, 6.07) is 5.45. The number of halogens is 2. The molecular formula is C12H16Cl2O. The van der Waals surface area contributed by atoms with Crippen LogP contribution in [0.2, 0.25) is 10.0 Å². The van der Waals surface area contributed by atoms with Crippen LogP contribution in [0.5, 0.6) is 0 Å². The third-order valence-corrected chi connectivity index (χ3v) is 2.39. The number of hydrogen-bond donors (Lipinski definition) is 0. The van der Waals surface area contributed by atoms with Gasteiger partial charge in [-0.1, -0.05) is 50.0 Å². The standard InChI is InChI=1S/C12H16Cl2O/c1-12(2,3)8-15-7-9-4-5-10(13)6-11(9)14/h4-6H,7-8H2,1-3H3. The van der Waals surface area contributed by atoms with Gasteiger partial charge in [-0.15, -0.1) is 0 Å². The summed E-state index contributed by atoms with van der Waals surface area (Å²) in [4.78, 5) is 0. The molecule has 84 valence electrons. The van der Waals surface area contributed by atoms with Crippen LogP contribution in [-0.2, 0) is 11.3 Å². The van der Waals surface area contributed by atoms with E-state index in [4.69, 9.17) is 27.9 Å². The van der Waals surface area contributed by atoms with Crippen LogP contribution in [0.15, 0.2) is 18.2 Å². The van der Waals surface area contributed by atoms with Crippen molar-refractivity contribution in [1.29, 1.82) is 0 Å². The molecule has 0 aliphatic carbocycles. The molecule has 0 spiro atoms. The molecule has 15 heavy (non-hydrogen) atoms. The summed E-state index contributed by atoms with van der Waals surface area (Å²) in [5.41, 5.74) is 1.16. The van der Waals surface area contributed by atoms with Crippen molar-refractivity contribution in [3.63, 3.8) is 0 Å². The van der Waals surface area contributed by atoms with E-state index in [1.54, 1.807) is 6.07 Å². The van der Waals surface area contributed by atoms with Crippen molar-refractivity contribution in [2.75, 3.05) is 6.61 Å². The topological polar surface area (TPSA) is 9.23 Å². The summed E-state index contributed by atoms with van der Waals surface area (Å²) in [5, 5.41) is 1.32. The average Bonchev–Trinajstić information content (AvgIpc) is 2.07. The quantitative estimate of drug-likeness (QED) is 0.760. The molecule has 0 N–H and O–H groups in total. The van der Waals surface area contributed by atoms with Crippen LogP contribution in [0.4, 0.5) is 0 Å². The summed E-state index contributed by atoms with van der Waals surface area (Å²) >= 11 is 11.8. The molecule has 0 amide bonds. The lowest BCUT2D eigenvalue weighted by atomic mass is 9.99. The molecule has 1 rings (SSSR count). The van der Waals surface area contributed by atoms with Gasteiger partial charge < -0.3 is 4.74 Å². The number of benzene rings is 1. The third-order valence-electron chi connectivity index (χ3n) is 1.81. The Balaban J connectivity index is 2.51. The molecule has 3 heteroatoms. The smallest absolute Gasteiger partial charge is 0.0731 e.